The van der Waals surface area contributed by atoms with Crippen LogP contribution in [-0.2, 0) is 9.47 Å². The van der Waals surface area contributed by atoms with E-state index in [9.17, 15) is 19.2 Å². The number of esters is 2. The van der Waals surface area contributed by atoms with E-state index in [1.807, 2.05) is 0 Å². The molecule has 0 radical (unpaired) electrons. The molecule has 2 aromatic carbocycles. The Morgan fingerprint density at radius 1 is 0.852 bits per heavy atom. The van der Waals surface area contributed by atoms with Crippen molar-refractivity contribution in [2.75, 3.05) is 18.1 Å². The zero-order chi connectivity index (χ0) is 19.6. The van der Waals surface area contributed by atoms with E-state index in [4.69, 9.17) is 9.47 Å². The van der Waals surface area contributed by atoms with Crippen molar-refractivity contribution < 1.29 is 28.7 Å². The predicted molar refractivity (Wildman–Crippen MR) is 95.9 cm³/mol. The number of hydrogen-bond donors (Lipinski definition) is 0. The van der Waals surface area contributed by atoms with E-state index in [2.05, 4.69) is 0 Å². The van der Waals surface area contributed by atoms with Crippen LogP contribution in [0.3, 0.4) is 0 Å². The normalized spacial score (nSPS) is 12.7. The summed E-state index contributed by atoms with van der Waals surface area (Å²) in [6.45, 7) is 3.57. The van der Waals surface area contributed by atoms with Crippen molar-refractivity contribution >= 4 is 29.4 Å². The number of nitrogens with zero attached hydrogens (tertiary/aromatic N) is 1. The number of amides is 2. The maximum atomic E-state index is 12.7. The number of hydrogen-bond acceptors (Lipinski definition) is 6. The van der Waals surface area contributed by atoms with Crippen molar-refractivity contribution in [3.05, 3.63) is 64.7 Å². The smallest absolute Gasteiger partial charge is 0.340 e. The van der Waals surface area contributed by atoms with Crippen LogP contribution in [0.4, 0.5) is 5.69 Å². The lowest BCUT2D eigenvalue weighted by molar-refractivity contribution is 0.0525. The molecular weight excluding hydrogens is 350 g/mol. The molecule has 0 spiro atoms. The van der Waals surface area contributed by atoms with E-state index in [-0.39, 0.29) is 41.2 Å². The molecule has 3 rings (SSSR count). The first-order valence-electron chi connectivity index (χ1n) is 8.45. The summed E-state index contributed by atoms with van der Waals surface area (Å²) in [6, 6.07) is 10.5. The first kappa shape index (κ1) is 18.3. The van der Waals surface area contributed by atoms with Gasteiger partial charge >= 0.3 is 11.9 Å². The lowest BCUT2D eigenvalue weighted by Crippen LogP contribution is -2.31. The van der Waals surface area contributed by atoms with Crippen molar-refractivity contribution in [2.24, 2.45) is 0 Å². The highest BCUT2D eigenvalue weighted by Crippen LogP contribution is 2.32. The van der Waals surface area contributed by atoms with Gasteiger partial charge in [-0.2, -0.15) is 0 Å². The number of rotatable bonds is 5. The molecule has 0 unspecified atom stereocenters. The van der Waals surface area contributed by atoms with Crippen LogP contribution in [0.15, 0.2) is 42.5 Å². The van der Waals surface area contributed by atoms with E-state index in [1.165, 1.54) is 18.2 Å². The van der Waals surface area contributed by atoms with Crippen LogP contribution in [0, 0.1) is 0 Å². The van der Waals surface area contributed by atoms with E-state index in [0.717, 1.165) is 4.90 Å². The minimum Gasteiger partial charge on any atom is -0.462 e. The van der Waals surface area contributed by atoms with Gasteiger partial charge in [-0.25, -0.2) is 14.5 Å². The second-order valence-corrected chi connectivity index (χ2v) is 5.66. The number of anilines is 1. The summed E-state index contributed by atoms with van der Waals surface area (Å²) in [4.78, 5) is 50.8. The van der Waals surface area contributed by atoms with Gasteiger partial charge in [0, 0.05) is 0 Å². The molecule has 0 atom stereocenters. The molecule has 7 nitrogen and oxygen atoms in total. The fourth-order valence-corrected chi connectivity index (χ4v) is 2.85. The Labute approximate surface area is 155 Å². The third-order valence-electron chi connectivity index (χ3n) is 4.04. The molecule has 0 saturated carbocycles. The standard InChI is InChI=1S/C20H17NO6/c1-3-26-19(24)12-9-10-16(15(11-12)20(25)27-4-2)21-17(22)13-7-5-6-8-14(13)18(21)23/h5-11H,3-4H2,1-2H3. The molecule has 1 aliphatic rings. The Hall–Kier alpha value is -3.48. The predicted octanol–water partition coefficient (Wildman–Crippen LogP) is 2.84. The Kier molecular flexibility index (Phi) is 5.03. The number of carbonyl (C=O) groups is 4. The molecule has 2 aromatic rings. The van der Waals surface area contributed by atoms with E-state index in [1.54, 1.807) is 38.1 Å². The van der Waals surface area contributed by atoms with Crippen LogP contribution in [-0.4, -0.2) is 37.0 Å². The van der Waals surface area contributed by atoms with Crippen molar-refractivity contribution in [3.63, 3.8) is 0 Å². The monoisotopic (exact) mass is 367 g/mol. The van der Waals surface area contributed by atoms with Gasteiger partial charge in [0.1, 0.15) is 0 Å². The van der Waals surface area contributed by atoms with Gasteiger partial charge in [-0.15, -0.1) is 0 Å². The summed E-state index contributed by atoms with van der Waals surface area (Å²) >= 11 is 0. The molecule has 1 heterocycles. The molecule has 27 heavy (non-hydrogen) atoms. The number of benzene rings is 2. The third kappa shape index (κ3) is 3.19. The molecule has 1 aliphatic heterocycles. The van der Waals surface area contributed by atoms with Gasteiger partial charge in [-0.05, 0) is 44.2 Å². The van der Waals surface area contributed by atoms with Gasteiger partial charge in [0.05, 0.1) is 41.2 Å². The quantitative estimate of drug-likeness (QED) is 0.596. The lowest BCUT2D eigenvalue weighted by Gasteiger charge is -2.18. The number of fused-ring (bicyclic) bond motifs is 1. The molecule has 2 amide bonds. The summed E-state index contributed by atoms with van der Waals surface area (Å²) in [5.74, 6) is -2.43. The highest BCUT2D eigenvalue weighted by Gasteiger charge is 2.38. The minimum atomic E-state index is -0.741. The topological polar surface area (TPSA) is 90.0 Å². The van der Waals surface area contributed by atoms with Gasteiger partial charge in [0.2, 0.25) is 0 Å². The Morgan fingerprint density at radius 2 is 1.41 bits per heavy atom. The Bertz CT molecular complexity index is 914. The van der Waals surface area contributed by atoms with Crippen LogP contribution in [0.1, 0.15) is 55.3 Å². The maximum absolute atomic E-state index is 12.7. The van der Waals surface area contributed by atoms with Gasteiger partial charge in [0.15, 0.2) is 0 Å². The lowest BCUT2D eigenvalue weighted by atomic mass is 10.1. The second-order valence-electron chi connectivity index (χ2n) is 5.66. The molecule has 0 aromatic heterocycles. The highest BCUT2D eigenvalue weighted by molar-refractivity contribution is 6.35. The van der Waals surface area contributed by atoms with Gasteiger partial charge < -0.3 is 9.47 Å². The van der Waals surface area contributed by atoms with Crippen molar-refractivity contribution in [2.45, 2.75) is 13.8 Å². The van der Waals surface area contributed by atoms with Crippen LogP contribution in [0.25, 0.3) is 0 Å². The Balaban J connectivity index is 2.10. The first-order chi connectivity index (χ1) is 13.0. The van der Waals surface area contributed by atoms with Crippen molar-refractivity contribution in [1.29, 1.82) is 0 Å². The zero-order valence-electron chi connectivity index (χ0n) is 14.9. The molecule has 0 saturated heterocycles. The summed E-state index contributed by atoms with van der Waals surface area (Å²) in [5.41, 5.74) is 0.642. The first-order valence-corrected chi connectivity index (χ1v) is 8.45. The SMILES string of the molecule is CCOC(=O)c1ccc(N2C(=O)c3ccccc3C2=O)c(C(=O)OCC)c1. The van der Waals surface area contributed by atoms with E-state index >= 15 is 0 Å². The van der Waals surface area contributed by atoms with Crippen molar-refractivity contribution in [1.82, 2.24) is 0 Å². The number of ether oxygens (including phenoxy) is 2. The Morgan fingerprint density at radius 3 is 1.96 bits per heavy atom. The molecule has 138 valence electrons. The summed E-state index contributed by atoms with van der Waals surface area (Å²) in [6.07, 6.45) is 0. The van der Waals surface area contributed by atoms with Crippen molar-refractivity contribution in [3.8, 4) is 0 Å². The molecular formula is C20H17NO6. The molecule has 0 N–H and O–H groups in total. The number of imide groups is 1. The number of carbonyl (C=O) groups excluding carboxylic acids is 4. The van der Waals surface area contributed by atoms with Crippen LogP contribution in [0.5, 0.6) is 0 Å². The molecule has 0 aliphatic carbocycles. The van der Waals surface area contributed by atoms with Crippen LogP contribution < -0.4 is 4.90 Å². The van der Waals surface area contributed by atoms with Crippen LogP contribution >= 0.6 is 0 Å². The molecule has 0 bridgehead atoms. The van der Waals surface area contributed by atoms with Gasteiger partial charge in [-0.1, -0.05) is 12.1 Å². The van der Waals surface area contributed by atoms with Crippen LogP contribution in [0.2, 0.25) is 0 Å². The summed E-state index contributed by atoms with van der Waals surface area (Å²) in [5, 5.41) is 0. The third-order valence-corrected chi connectivity index (χ3v) is 4.04. The van der Waals surface area contributed by atoms with Gasteiger partial charge in [0.25, 0.3) is 11.8 Å². The average Bonchev–Trinajstić information content (AvgIpc) is 2.92. The summed E-state index contributed by atoms with van der Waals surface area (Å²) in [7, 11) is 0. The molecule has 7 heteroatoms. The molecule has 0 fully saturated rings. The second kappa shape index (κ2) is 7.41. The average molecular weight is 367 g/mol. The maximum Gasteiger partial charge on any atom is 0.340 e. The van der Waals surface area contributed by atoms with E-state index in [0.29, 0.717) is 0 Å². The highest BCUT2D eigenvalue weighted by atomic mass is 16.5. The minimum absolute atomic E-state index is 0.0584. The van der Waals surface area contributed by atoms with Gasteiger partial charge in [-0.3, -0.25) is 9.59 Å². The summed E-state index contributed by atoms with van der Waals surface area (Å²) < 4.78 is 9.97. The largest absolute Gasteiger partial charge is 0.462 e. The zero-order valence-corrected chi connectivity index (χ0v) is 14.9. The fourth-order valence-electron chi connectivity index (χ4n) is 2.85. The fraction of sp³-hybridized carbons (Fsp3) is 0.200. The van der Waals surface area contributed by atoms with E-state index < -0.39 is 23.8 Å².